The number of hydrogen-bond donors (Lipinski definition) is 2. The van der Waals surface area contributed by atoms with Crippen LogP contribution in [0.3, 0.4) is 0 Å². The van der Waals surface area contributed by atoms with Crippen LogP contribution in [0.5, 0.6) is 0 Å². The number of rotatable bonds is 6. The Labute approximate surface area is 168 Å². The van der Waals surface area contributed by atoms with Gasteiger partial charge in [-0.05, 0) is 40.8 Å². The molecule has 0 aliphatic heterocycles. The van der Waals surface area contributed by atoms with Gasteiger partial charge >= 0.3 is 12.1 Å². The van der Waals surface area contributed by atoms with Crippen LogP contribution in [0.15, 0.2) is 54.4 Å². The van der Waals surface area contributed by atoms with Crippen molar-refractivity contribution >= 4 is 29.0 Å². The fourth-order valence-corrected chi connectivity index (χ4v) is 2.94. The minimum atomic E-state index is -0.737. The number of amides is 1. The van der Waals surface area contributed by atoms with E-state index in [1.54, 1.807) is 12.3 Å². The van der Waals surface area contributed by atoms with Crippen LogP contribution >= 0.6 is 0 Å². The highest BCUT2D eigenvalue weighted by molar-refractivity contribution is 5.97. The van der Waals surface area contributed by atoms with Gasteiger partial charge in [0.05, 0.1) is 18.8 Å². The predicted octanol–water partition coefficient (Wildman–Crippen LogP) is 4.13. The molecule has 0 fully saturated rings. The second-order valence-electron chi connectivity index (χ2n) is 6.84. The molecular formula is C22H23N3O4. The summed E-state index contributed by atoms with van der Waals surface area (Å²) < 4.78 is 10.00. The fraction of sp³-hybridized carbons (Fsp3) is 0.227. The Balaban J connectivity index is 1.83. The van der Waals surface area contributed by atoms with E-state index in [1.807, 2.05) is 42.5 Å². The van der Waals surface area contributed by atoms with Crippen molar-refractivity contribution in [3.8, 4) is 0 Å². The van der Waals surface area contributed by atoms with Crippen LogP contribution in [0.4, 0.5) is 4.79 Å². The summed E-state index contributed by atoms with van der Waals surface area (Å²) >= 11 is 0. The number of nitrogens with zero attached hydrogens (tertiary/aromatic N) is 1. The van der Waals surface area contributed by atoms with Gasteiger partial charge in [0.25, 0.3) is 0 Å². The number of H-pyrrole nitrogens is 1. The lowest BCUT2D eigenvalue weighted by Crippen LogP contribution is -2.28. The summed E-state index contributed by atoms with van der Waals surface area (Å²) in [5.41, 5.74) is 3.59. The lowest BCUT2D eigenvalue weighted by molar-refractivity contribution is -0.136. The third kappa shape index (κ3) is 5.01. The maximum absolute atomic E-state index is 12.2. The van der Waals surface area contributed by atoms with E-state index < -0.39 is 12.1 Å². The van der Waals surface area contributed by atoms with E-state index in [0.717, 1.165) is 27.6 Å². The topological polar surface area (TPSA) is 93.3 Å². The maximum Gasteiger partial charge on any atom is 0.412 e. The van der Waals surface area contributed by atoms with Crippen LogP contribution in [0, 0.1) is 0 Å². The van der Waals surface area contributed by atoms with Crippen LogP contribution in [0.25, 0.3) is 17.0 Å². The van der Waals surface area contributed by atoms with Gasteiger partial charge in [0.15, 0.2) is 0 Å². The Morgan fingerprint density at radius 2 is 1.97 bits per heavy atom. The van der Waals surface area contributed by atoms with Crippen molar-refractivity contribution in [1.82, 2.24) is 15.5 Å². The van der Waals surface area contributed by atoms with Crippen molar-refractivity contribution in [2.75, 3.05) is 7.11 Å². The molecule has 7 nitrogen and oxygen atoms in total. The van der Waals surface area contributed by atoms with E-state index in [0.29, 0.717) is 0 Å². The first-order valence-corrected chi connectivity index (χ1v) is 9.22. The quantitative estimate of drug-likeness (QED) is 0.485. The summed E-state index contributed by atoms with van der Waals surface area (Å²) in [5, 5.41) is 10.5. The molecule has 0 unspecified atom stereocenters. The Morgan fingerprint density at radius 3 is 2.66 bits per heavy atom. The van der Waals surface area contributed by atoms with Crippen LogP contribution in [-0.2, 0) is 20.9 Å². The van der Waals surface area contributed by atoms with Gasteiger partial charge in [-0.15, -0.1) is 0 Å². The second kappa shape index (κ2) is 9.05. The molecule has 3 rings (SSSR count). The summed E-state index contributed by atoms with van der Waals surface area (Å²) in [5.74, 6) is -0.420. The molecule has 2 aromatic carbocycles. The normalized spacial score (nSPS) is 11.5. The van der Waals surface area contributed by atoms with Gasteiger partial charge < -0.3 is 9.47 Å². The molecule has 7 heteroatoms. The number of esters is 1. The number of alkyl carbamates (subject to hydrolysis) is 1. The van der Waals surface area contributed by atoms with Crippen LogP contribution < -0.4 is 5.32 Å². The van der Waals surface area contributed by atoms with E-state index in [-0.39, 0.29) is 18.2 Å². The molecule has 1 amide bonds. The lowest BCUT2D eigenvalue weighted by Gasteiger charge is -2.11. The molecule has 0 aliphatic carbocycles. The monoisotopic (exact) mass is 393 g/mol. The first-order valence-electron chi connectivity index (χ1n) is 9.22. The summed E-state index contributed by atoms with van der Waals surface area (Å²) in [6.07, 6.45) is 2.55. The molecule has 1 aromatic heterocycles. The average molecular weight is 393 g/mol. The minimum absolute atomic E-state index is 0.0110. The van der Waals surface area contributed by atoms with Gasteiger partial charge in [-0.2, -0.15) is 5.10 Å². The van der Waals surface area contributed by atoms with Crippen LogP contribution in [0.1, 0.15) is 36.5 Å². The number of ether oxygens (including phenoxy) is 2. The number of carbonyl (C=O) groups excluding carboxylic acids is 2. The first kappa shape index (κ1) is 20.1. The maximum atomic E-state index is 12.2. The predicted molar refractivity (Wildman–Crippen MR) is 110 cm³/mol. The zero-order valence-corrected chi connectivity index (χ0v) is 16.6. The van der Waals surface area contributed by atoms with Gasteiger partial charge in [-0.1, -0.05) is 44.2 Å². The SMILES string of the molecule is COC(=O)/C(=C\c1cc(C(C)C)c2[nH]ncc2c1)NC(=O)OCc1ccccc1. The van der Waals surface area contributed by atoms with Crippen molar-refractivity contribution in [2.24, 2.45) is 0 Å². The molecule has 0 saturated heterocycles. The van der Waals surface area contributed by atoms with Crippen LogP contribution in [-0.4, -0.2) is 29.4 Å². The standard InChI is InChI=1S/C22H23N3O4/c1-14(2)18-10-16(9-17-12-23-25-20(17)18)11-19(21(26)28-3)24-22(27)29-13-15-7-5-4-6-8-15/h4-12,14H,13H2,1-3H3,(H,23,25)(H,24,27)/b19-11+. The number of aromatic amines is 1. The Kier molecular flexibility index (Phi) is 6.29. The molecule has 3 aromatic rings. The number of nitrogens with one attached hydrogen (secondary N) is 2. The highest BCUT2D eigenvalue weighted by atomic mass is 16.6. The Morgan fingerprint density at radius 1 is 1.21 bits per heavy atom. The first-order chi connectivity index (χ1) is 14.0. The molecule has 0 saturated carbocycles. The van der Waals surface area contributed by atoms with E-state index in [9.17, 15) is 9.59 Å². The van der Waals surface area contributed by atoms with Crippen molar-refractivity contribution in [3.63, 3.8) is 0 Å². The highest BCUT2D eigenvalue weighted by Crippen LogP contribution is 2.26. The minimum Gasteiger partial charge on any atom is -0.464 e. The molecule has 0 spiro atoms. The fourth-order valence-electron chi connectivity index (χ4n) is 2.94. The van der Waals surface area contributed by atoms with Gasteiger partial charge in [0, 0.05) is 5.39 Å². The number of benzene rings is 2. The summed E-state index contributed by atoms with van der Waals surface area (Å²) in [6.45, 7) is 4.24. The van der Waals surface area contributed by atoms with Crippen molar-refractivity contribution in [2.45, 2.75) is 26.4 Å². The number of fused-ring (bicyclic) bond motifs is 1. The molecule has 29 heavy (non-hydrogen) atoms. The largest absolute Gasteiger partial charge is 0.464 e. The van der Waals surface area contributed by atoms with E-state index in [2.05, 4.69) is 29.4 Å². The average Bonchev–Trinajstić information content (AvgIpc) is 3.19. The summed E-state index contributed by atoms with van der Waals surface area (Å²) in [7, 11) is 1.26. The number of aromatic nitrogens is 2. The lowest BCUT2D eigenvalue weighted by atomic mass is 9.97. The van der Waals surface area contributed by atoms with Gasteiger partial charge in [-0.25, -0.2) is 9.59 Å². The van der Waals surface area contributed by atoms with Crippen LogP contribution in [0.2, 0.25) is 0 Å². The summed E-state index contributed by atoms with van der Waals surface area (Å²) in [4.78, 5) is 24.4. The molecule has 0 aliphatic rings. The van der Waals surface area contributed by atoms with Crippen molar-refractivity contribution in [3.05, 3.63) is 71.0 Å². The molecule has 2 N–H and O–H groups in total. The highest BCUT2D eigenvalue weighted by Gasteiger charge is 2.16. The zero-order valence-electron chi connectivity index (χ0n) is 16.6. The molecule has 1 heterocycles. The number of carbonyl (C=O) groups is 2. The molecule has 150 valence electrons. The molecule has 0 radical (unpaired) electrons. The summed E-state index contributed by atoms with van der Waals surface area (Å²) in [6, 6.07) is 13.1. The number of hydrogen-bond acceptors (Lipinski definition) is 5. The molecule has 0 atom stereocenters. The van der Waals surface area contributed by atoms with Gasteiger partial charge in [0.2, 0.25) is 0 Å². The van der Waals surface area contributed by atoms with Gasteiger partial charge in [-0.3, -0.25) is 10.4 Å². The Hall–Kier alpha value is -3.61. The van der Waals surface area contributed by atoms with Crippen molar-refractivity contribution in [1.29, 1.82) is 0 Å². The molecular weight excluding hydrogens is 370 g/mol. The zero-order chi connectivity index (χ0) is 20.8. The Bertz CT molecular complexity index is 1040. The number of methoxy groups -OCH3 is 1. The van der Waals surface area contributed by atoms with Gasteiger partial charge in [0.1, 0.15) is 12.3 Å². The third-order valence-corrected chi connectivity index (χ3v) is 4.39. The van der Waals surface area contributed by atoms with E-state index in [4.69, 9.17) is 9.47 Å². The third-order valence-electron chi connectivity index (χ3n) is 4.39. The van der Waals surface area contributed by atoms with Crippen molar-refractivity contribution < 1.29 is 19.1 Å². The molecule has 0 bridgehead atoms. The second-order valence-corrected chi connectivity index (χ2v) is 6.84. The van der Waals surface area contributed by atoms with E-state index in [1.165, 1.54) is 7.11 Å². The van der Waals surface area contributed by atoms with E-state index >= 15 is 0 Å². The smallest absolute Gasteiger partial charge is 0.412 e.